The minimum Gasteiger partial charge on any atom is -0.444 e. The van der Waals surface area contributed by atoms with E-state index in [0.717, 1.165) is 30.4 Å². The molecule has 0 radical (unpaired) electrons. The Hall–Kier alpha value is -0.780. The van der Waals surface area contributed by atoms with Gasteiger partial charge in [-0.3, -0.25) is 4.90 Å². The van der Waals surface area contributed by atoms with Crippen molar-refractivity contribution >= 4 is 29.0 Å². The molecule has 21 heavy (non-hydrogen) atoms. The molecule has 4 nitrogen and oxygen atoms in total. The van der Waals surface area contributed by atoms with Crippen LogP contribution in [0.25, 0.3) is 0 Å². The van der Waals surface area contributed by atoms with Crippen LogP contribution in [-0.4, -0.2) is 47.7 Å². The monoisotopic (exact) mass is 328 g/mol. The summed E-state index contributed by atoms with van der Waals surface area (Å²) in [4.78, 5) is 17.9. The van der Waals surface area contributed by atoms with Gasteiger partial charge in [0.05, 0.1) is 10.4 Å². The molecule has 1 unspecified atom stereocenters. The lowest BCUT2D eigenvalue weighted by Gasteiger charge is -2.43. The van der Waals surface area contributed by atoms with Crippen molar-refractivity contribution in [1.82, 2.24) is 9.80 Å². The van der Waals surface area contributed by atoms with Gasteiger partial charge in [-0.2, -0.15) is 0 Å². The van der Waals surface area contributed by atoms with Crippen molar-refractivity contribution in [2.24, 2.45) is 0 Å². The molecule has 1 aromatic rings. The molecule has 3 heterocycles. The van der Waals surface area contributed by atoms with Crippen LogP contribution >= 0.6 is 22.9 Å². The minimum absolute atomic E-state index is 0.211. The van der Waals surface area contributed by atoms with Crippen LogP contribution in [-0.2, 0) is 11.2 Å². The van der Waals surface area contributed by atoms with E-state index in [4.69, 9.17) is 16.3 Å². The third-order valence-corrected chi connectivity index (χ3v) is 5.33. The minimum atomic E-state index is -0.446. The summed E-state index contributed by atoms with van der Waals surface area (Å²) < 4.78 is 6.34. The second-order valence-corrected chi connectivity index (χ2v) is 8.38. The fraction of sp³-hybridized carbons (Fsp3) is 0.667. The van der Waals surface area contributed by atoms with Crippen molar-refractivity contribution in [3.8, 4) is 0 Å². The summed E-state index contributed by atoms with van der Waals surface area (Å²) in [5.41, 5.74) is 0.898. The number of rotatable bonds is 0. The quantitative estimate of drug-likeness (QED) is 0.730. The molecule has 0 aromatic carbocycles. The summed E-state index contributed by atoms with van der Waals surface area (Å²) in [5, 5.41) is 0. The van der Waals surface area contributed by atoms with Crippen LogP contribution in [0.4, 0.5) is 4.79 Å². The number of carbonyl (C=O) groups is 1. The topological polar surface area (TPSA) is 32.8 Å². The molecular weight excluding hydrogens is 308 g/mol. The largest absolute Gasteiger partial charge is 0.444 e. The predicted molar refractivity (Wildman–Crippen MR) is 85.2 cm³/mol. The Morgan fingerprint density at radius 2 is 2.14 bits per heavy atom. The maximum absolute atomic E-state index is 12.3. The van der Waals surface area contributed by atoms with Crippen LogP contribution < -0.4 is 0 Å². The molecular formula is C15H21ClN2O2S. The lowest BCUT2D eigenvalue weighted by atomic mass is 9.99. The predicted octanol–water partition coefficient (Wildman–Crippen LogP) is 3.55. The van der Waals surface area contributed by atoms with Crippen LogP contribution in [0.3, 0.4) is 0 Å². The van der Waals surface area contributed by atoms with Gasteiger partial charge in [0.1, 0.15) is 5.60 Å². The molecule has 0 saturated carbocycles. The summed E-state index contributed by atoms with van der Waals surface area (Å²) >= 11 is 7.81. The molecule has 1 amide bonds. The number of thiophene rings is 1. The summed E-state index contributed by atoms with van der Waals surface area (Å²) in [6.45, 7) is 9.08. The zero-order valence-electron chi connectivity index (χ0n) is 12.7. The first-order chi connectivity index (χ1) is 9.83. The van der Waals surface area contributed by atoms with Gasteiger partial charge < -0.3 is 9.64 Å². The highest BCUT2D eigenvalue weighted by atomic mass is 35.5. The molecule has 116 valence electrons. The first-order valence-electron chi connectivity index (χ1n) is 7.33. The Labute approximate surface area is 134 Å². The van der Waals surface area contributed by atoms with Gasteiger partial charge in [-0.05, 0) is 38.8 Å². The maximum atomic E-state index is 12.3. The second-order valence-electron chi connectivity index (χ2n) is 6.67. The summed E-state index contributed by atoms with van der Waals surface area (Å²) in [6.07, 6.45) is 0.846. The third kappa shape index (κ3) is 3.20. The van der Waals surface area contributed by atoms with Crippen molar-refractivity contribution in [1.29, 1.82) is 0 Å². The summed E-state index contributed by atoms with van der Waals surface area (Å²) in [5.74, 6) is 0. The standard InChI is InChI=1S/C15H21ClN2O2S/c1-15(2,3)20-14(19)18-7-6-17-5-4-10-8-12(16)21-13(10)11(17)9-18/h8,11H,4-7,9H2,1-3H3. The van der Waals surface area contributed by atoms with E-state index in [1.54, 1.807) is 11.3 Å². The lowest BCUT2D eigenvalue weighted by Crippen LogP contribution is -2.53. The molecule has 2 aliphatic rings. The second kappa shape index (κ2) is 5.45. The average molecular weight is 329 g/mol. The molecule has 0 spiro atoms. The van der Waals surface area contributed by atoms with Gasteiger partial charge in [-0.1, -0.05) is 11.6 Å². The van der Waals surface area contributed by atoms with Gasteiger partial charge in [0.15, 0.2) is 0 Å². The fourth-order valence-corrected chi connectivity index (χ4v) is 4.42. The first-order valence-corrected chi connectivity index (χ1v) is 8.53. The molecule has 2 aliphatic heterocycles. The average Bonchev–Trinajstić information content (AvgIpc) is 2.77. The molecule has 0 aliphatic carbocycles. The van der Waals surface area contributed by atoms with E-state index in [1.165, 1.54) is 10.4 Å². The number of hydrogen-bond donors (Lipinski definition) is 0. The van der Waals surface area contributed by atoms with E-state index in [9.17, 15) is 4.79 Å². The molecule has 3 rings (SSSR count). The van der Waals surface area contributed by atoms with Crippen molar-refractivity contribution in [2.75, 3.05) is 26.2 Å². The maximum Gasteiger partial charge on any atom is 0.410 e. The van der Waals surface area contributed by atoms with Gasteiger partial charge in [-0.15, -0.1) is 11.3 Å². The van der Waals surface area contributed by atoms with Crippen molar-refractivity contribution < 1.29 is 9.53 Å². The number of ether oxygens (including phenoxy) is 1. The van der Waals surface area contributed by atoms with E-state index < -0.39 is 5.60 Å². The van der Waals surface area contributed by atoms with E-state index in [0.29, 0.717) is 6.54 Å². The van der Waals surface area contributed by atoms with Gasteiger partial charge in [0.2, 0.25) is 0 Å². The number of nitrogens with zero attached hydrogens (tertiary/aromatic N) is 2. The van der Waals surface area contributed by atoms with Gasteiger partial charge in [0.25, 0.3) is 0 Å². The Balaban J connectivity index is 1.76. The Kier molecular flexibility index (Phi) is 3.93. The van der Waals surface area contributed by atoms with Gasteiger partial charge in [-0.25, -0.2) is 4.79 Å². The number of amides is 1. The van der Waals surface area contributed by atoms with Crippen LogP contribution in [0.1, 0.15) is 37.3 Å². The number of halogens is 1. The smallest absolute Gasteiger partial charge is 0.410 e. The number of fused-ring (bicyclic) bond motifs is 3. The van der Waals surface area contributed by atoms with Gasteiger partial charge in [0, 0.05) is 31.1 Å². The van der Waals surface area contributed by atoms with Crippen molar-refractivity contribution in [3.05, 3.63) is 20.8 Å². The van der Waals surface area contributed by atoms with Crippen molar-refractivity contribution in [3.63, 3.8) is 0 Å². The first kappa shape index (κ1) is 15.1. The molecule has 1 atom stereocenters. The highest BCUT2D eigenvalue weighted by Crippen LogP contribution is 2.39. The zero-order chi connectivity index (χ0) is 15.2. The van der Waals surface area contributed by atoms with E-state index in [2.05, 4.69) is 11.0 Å². The molecule has 1 saturated heterocycles. The number of hydrogen-bond acceptors (Lipinski definition) is 4. The molecule has 1 fully saturated rings. The highest BCUT2D eigenvalue weighted by molar-refractivity contribution is 7.16. The molecule has 6 heteroatoms. The molecule has 0 N–H and O–H groups in total. The summed E-state index contributed by atoms with van der Waals surface area (Å²) in [7, 11) is 0. The third-order valence-electron chi connectivity index (χ3n) is 3.93. The molecule has 0 bridgehead atoms. The Morgan fingerprint density at radius 3 is 2.86 bits per heavy atom. The summed E-state index contributed by atoms with van der Waals surface area (Å²) in [6, 6.07) is 2.35. The normalized spacial score (nSPS) is 22.7. The van der Waals surface area contributed by atoms with Crippen LogP contribution in [0.5, 0.6) is 0 Å². The van der Waals surface area contributed by atoms with E-state index in [-0.39, 0.29) is 12.1 Å². The van der Waals surface area contributed by atoms with E-state index in [1.807, 2.05) is 25.7 Å². The Morgan fingerprint density at radius 1 is 1.38 bits per heavy atom. The Bertz CT molecular complexity index is 552. The fourth-order valence-electron chi connectivity index (χ4n) is 2.98. The van der Waals surface area contributed by atoms with Crippen LogP contribution in [0.15, 0.2) is 6.07 Å². The SMILES string of the molecule is CC(C)(C)OC(=O)N1CCN2CCc3cc(Cl)sc3C2C1. The molecule has 1 aromatic heterocycles. The lowest BCUT2D eigenvalue weighted by molar-refractivity contribution is 0.00247. The zero-order valence-corrected chi connectivity index (χ0v) is 14.3. The van der Waals surface area contributed by atoms with E-state index >= 15 is 0 Å². The van der Waals surface area contributed by atoms with Gasteiger partial charge >= 0.3 is 6.09 Å². The van der Waals surface area contributed by atoms with Crippen LogP contribution in [0.2, 0.25) is 4.34 Å². The number of piperazine rings is 1. The van der Waals surface area contributed by atoms with Crippen molar-refractivity contribution in [2.45, 2.75) is 38.8 Å². The number of carbonyl (C=O) groups excluding carboxylic acids is 1. The van der Waals surface area contributed by atoms with Crippen LogP contribution in [0, 0.1) is 0 Å². The highest BCUT2D eigenvalue weighted by Gasteiger charge is 2.36.